The fraction of sp³-hybridized carbons (Fsp3) is 0.455. The number of carbonyl (C=O) groups is 2. The van der Waals surface area contributed by atoms with Gasteiger partial charge in [-0.15, -0.1) is 11.3 Å². The number of thioether (sulfide) groups is 1. The topological polar surface area (TPSA) is 95.6 Å². The summed E-state index contributed by atoms with van der Waals surface area (Å²) in [4.78, 5) is 25.5. The summed E-state index contributed by atoms with van der Waals surface area (Å²) < 4.78 is 27.5. The highest BCUT2D eigenvalue weighted by atomic mass is 32.2. The van der Waals surface area contributed by atoms with Crippen molar-refractivity contribution in [3.05, 3.63) is 46.2 Å². The first-order chi connectivity index (χ1) is 15.4. The van der Waals surface area contributed by atoms with Gasteiger partial charge in [0, 0.05) is 42.7 Å². The molecule has 0 radical (unpaired) electrons. The number of anilines is 1. The zero-order valence-electron chi connectivity index (χ0n) is 17.7. The van der Waals surface area contributed by atoms with E-state index >= 15 is 0 Å². The molecule has 1 aromatic carbocycles. The third kappa shape index (κ3) is 5.36. The van der Waals surface area contributed by atoms with Gasteiger partial charge < -0.3 is 10.6 Å². The van der Waals surface area contributed by atoms with Crippen molar-refractivity contribution in [3.63, 3.8) is 0 Å². The van der Waals surface area contributed by atoms with Crippen LogP contribution in [0.15, 0.2) is 40.6 Å². The lowest BCUT2D eigenvalue weighted by Gasteiger charge is -2.25. The highest BCUT2D eigenvalue weighted by Gasteiger charge is 2.31. The molecule has 0 unspecified atom stereocenters. The van der Waals surface area contributed by atoms with Crippen molar-refractivity contribution in [1.82, 2.24) is 9.62 Å². The third-order valence-electron chi connectivity index (χ3n) is 5.80. The lowest BCUT2D eigenvalue weighted by molar-refractivity contribution is -0.119. The molecule has 32 heavy (non-hydrogen) atoms. The Balaban J connectivity index is 1.39. The average molecular weight is 494 g/mol. The Morgan fingerprint density at radius 2 is 1.84 bits per heavy atom. The molecule has 7 nitrogen and oxygen atoms in total. The summed E-state index contributed by atoms with van der Waals surface area (Å²) in [6, 6.07) is 8.88. The summed E-state index contributed by atoms with van der Waals surface area (Å²) in [7, 11) is -3.68. The Morgan fingerprint density at radius 1 is 1.09 bits per heavy atom. The maximum absolute atomic E-state index is 13.0. The summed E-state index contributed by atoms with van der Waals surface area (Å²) in [5, 5.41) is 7.43. The van der Waals surface area contributed by atoms with Gasteiger partial charge in [0.25, 0.3) is 5.91 Å². The number of carbonyl (C=O) groups excluding carboxylic acids is 2. The summed E-state index contributed by atoms with van der Waals surface area (Å²) in [6.07, 6.45) is 4.07. The second-order valence-electron chi connectivity index (χ2n) is 7.98. The fourth-order valence-corrected chi connectivity index (χ4v) is 7.94. The van der Waals surface area contributed by atoms with Crippen molar-refractivity contribution < 1.29 is 18.0 Å². The Bertz CT molecular complexity index is 1070. The fourth-order valence-electron chi connectivity index (χ4n) is 4.05. The normalized spacial score (nSPS) is 17.9. The van der Waals surface area contributed by atoms with E-state index in [1.165, 1.54) is 10.4 Å². The quantitative estimate of drug-likeness (QED) is 0.615. The molecule has 1 saturated heterocycles. The molecule has 2 N–H and O–H groups in total. The van der Waals surface area contributed by atoms with Gasteiger partial charge in [-0.3, -0.25) is 9.59 Å². The lowest BCUT2D eigenvalue weighted by atomic mass is 10.1. The van der Waals surface area contributed by atoms with Crippen molar-refractivity contribution in [3.8, 4) is 0 Å². The molecule has 0 atom stereocenters. The molecule has 1 aliphatic heterocycles. The van der Waals surface area contributed by atoms with Gasteiger partial charge >= 0.3 is 0 Å². The minimum absolute atomic E-state index is 0.0493. The van der Waals surface area contributed by atoms with Crippen LogP contribution in [-0.2, 0) is 21.4 Å². The van der Waals surface area contributed by atoms with Crippen molar-refractivity contribution in [2.45, 2.75) is 37.1 Å². The van der Waals surface area contributed by atoms with Crippen LogP contribution in [0.2, 0.25) is 0 Å². The summed E-state index contributed by atoms with van der Waals surface area (Å²) in [5.74, 6) is 1.24. The predicted molar refractivity (Wildman–Crippen MR) is 129 cm³/mol. The van der Waals surface area contributed by atoms with Crippen LogP contribution in [0.5, 0.6) is 0 Å². The maximum Gasteiger partial charge on any atom is 0.263 e. The number of rotatable bonds is 7. The molecule has 1 saturated carbocycles. The third-order valence-corrected chi connectivity index (χ3v) is 9.72. The maximum atomic E-state index is 13.0. The molecule has 0 bridgehead atoms. The number of hydrogen-bond acceptors (Lipinski definition) is 6. The number of hydrogen-bond donors (Lipinski definition) is 2. The molecule has 172 valence electrons. The van der Waals surface area contributed by atoms with E-state index in [-0.39, 0.29) is 28.1 Å². The van der Waals surface area contributed by atoms with Crippen molar-refractivity contribution in [1.29, 1.82) is 0 Å². The number of sulfonamides is 1. The van der Waals surface area contributed by atoms with Crippen LogP contribution in [0.1, 0.15) is 40.9 Å². The van der Waals surface area contributed by atoms with E-state index < -0.39 is 15.9 Å². The molecule has 1 aromatic heterocycles. The van der Waals surface area contributed by atoms with Crippen LogP contribution < -0.4 is 10.6 Å². The van der Waals surface area contributed by atoms with E-state index in [1.54, 1.807) is 17.1 Å². The van der Waals surface area contributed by atoms with Gasteiger partial charge in [-0.1, -0.05) is 25.0 Å². The molecule has 2 fully saturated rings. The molecular formula is C22H27N3O4S3. The molecule has 10 heteroatoms. The molecular weight excluding hydrogens is 466 g/mol. The van der Waals surface area contributed by atoms with Crippen LogP contribution in [0.25, 0.3) is 0 Å². The van der Waals surface area contributed by atoms with Gasteiger partial charge in [0.1, 0.15) is 9.77 Å². The zero-order valence-corrected chi connectivity index (χ0v) is 20.2. The zero-order chi connectivity index (χ0) is 22.6. The molecule has 1 aliphatic carbocycles. The smallest absolute Gasteiger partial charge is 0.263 e. The monoisotopic (exact) mass is 493 g/mol. The second-order valence-corrected chi connectivity index (χ2v) is 12.0. The number of benzene rings is 1. The van der Waals surface area contributed by atoms with E-state index in [2.05, 4.69) is 10.6 Å². The van der Waals surface area contributed by atoms with Gasteiger partial charge in [0.15, 0.2) is 0 Å². The number of amides is 2. The van der Waals surface area contributed by atoms with Gasteiger partial charge in [-0.05, 0) is 42.0 Å². The van der Waals surface area contributed by atoms with E-state index in [1.807, 2.05) is 24.3 Å². The van der Waals surface area contributed by atoms with Crippen LogP contribution in [0.3, 0.4) is 0 Å². The van der Waals surface area contributed by atoms with Gasteiger partial charge in [-0.25, -0.2) is 8.42 Å². The van der Waals surface area contributed by atoms with E-state index in [0.29, 0.717) is 18.8 Å². The van der Waals surface area contributed by atoms with Crippen LogP contribution in [0, 0.1) is 5.92 Å². The standard InChI is InChI=1S/C22H27N3O4S3/c26-21(17-5-1-2-6-17)24-18-7-3-4-16(14-18)15-23-22(27)20-19(8-11-31-20)32(28,29)25-9-12-30-13-10-25/h3-4,7-8,11,14,17H,1-2,5-6,9-10,12-13,15H2,(H,23,27)(H,24,26). The highest BCUT2D eigenvalue weighted by Crippen LogP contribution is 2.28. The lowest BCUT2D eigenvalue weighted by Crippen LogP contribution is -2.38. The molecule has 4 rings (SSSR count). The molecule has 2 amide bonds. The minimum atomic E-state index is -3.68. The van der Waals surface area contributed by atoms with Crippen LogP contribution >= 0.6 is 23.1 Å². The molecule has 2 heterocycles. The van der Waals surface area contributed by atoms with Crippen molar-refractivity contribution in [2.75, 3.05) is 29.9 Å². The first kappa shape index (κ1) is 23.3. The summed E-state index contributed by atoms with van der Waals surface area (Å²) in [6.45, 7) is 1.16. The number of thiophene rings is 1. The summed E-state index contributed by atoms with van der Waals surface area (Å²) in [5.41, 5.74) is 1.53. The molecule has 0 spiro atoms. The van der Waals surface area contributed by atoms with Gasteiger partial charge in [0.05, 0.1) is 0 Å². The predicted octanol–water partition coefficient (Wildman–Crippen LogP) is 3.54. The average Bonchev–Trinajstić information content (AvgIpc) is 3.51. The van der Waals surface area contributed by atoms with Crippen molar-refractivity contribution >= 4 is 50.6 Å². The second kappa shape index (κ2) is 10.4. The Labute approximate surface area is 197 Å². The van der Waals surface area contributed by atoms with Crippen LogP contribution in [-0.4, -0.2) is 49.1 Å². The molecule has 2 aliphatic rings. The van der Waals surface area contributed by atoms with E-state index in [4.69, 9.17) is 0 Å². The largest absolute Gasteiger partial charge is 0.347 e. The summed E-state index contributed by atoms with van der Waals surface area (Å²) >= 11 is 2.86. The first-order valence-electron chi connectivity index (χ1n) is 10.8. The Hall–Kier alpha value is -1.88. The van der Waals surface area contributed by atoms with E-state index in [9.17, 15) is 18.0 Å². The van der Waals surface area contributed by atoms with Crippen LogP contribution in [0.4, 0.5) is 5.69 Å². The number of nitrogens with one attached hydrogen (secondary N) is 2. The van der Waals surface area contributed by atoms with Crippen molar-refractivity contribution in [2.24, 2.45) is 5.92 Å². The van der Waals surface area contributed by atoms with E-state index in [0.717, 1.165) is 54.1 Å². The molecule has 2 aromatic rings. The SMILES string of the molecule is O=C(NCc1cccc(NC(=O)C2CCCC2)c1)c1sccc1S(=O)(=O)N1CCSCC1. The van der Waals surface area contributed by atoms with Gasteiger partial charge in [0.2, 0.25) is 15.9 Å². The number of nitrogens with zero attached hydrogens (tertiary/aromatic N) is 1. The highest BCUT2D eigenvalue weighted by molar-refractivity contribution is 7.99. The minimum Gasteiger partial charge on any atom is -0.347 e. The Kier molecular flexibility index (Phi) is 7.55. The first-order valence-corrected chi connectivity index (χ1v) is 14.3. The van der Waals surface area contributed by atoms with Gasteiger partial charge in [-0.2, -0.15) is 16.1 Å². The Morgan fingerprint density at radius 3 is 2.59 bits per heavy atom.